The van der Waals surface area contributed by atoms with E-state index in [0.29, 0.717) is 29.2 Å². The van der Waals surface area contributed by atoms with Crippen LogP contribution >= 0.6 is 0 Å². The fourth-order valence-corrected chi connectivity index (χ4v) is 5.87. The number of carbonyl (C=O) groups is 3. The van der Waals surface area contributed by atoms with Crippen LogP contribution in [0.1, 0.15) is 30.0 Å². The lowest BCUT2D eigenvalue weighted by Gasteiger charge is -2.28. The second-order valence-electron chi connectivity index (χ2n) is 11.5. The summed E-state index contributed by atoms with van der Waals surface area (Å²) in [6.45, 7) is 2.34. The molecule has 4 aromatic carbocycles. The third-order valence-corrected chi connectivity index (χ3v) is 8.49. The first-order valence-electron chi connectivity index (χ1n) is 15.5. The molecule has 2 N–H and O–H groups in total. The van der Waals surface area contributed by atoms with Gasteiger partial charge in [0.1, 0.15) is 5.75 Å². The van der Waals surface area contributed by atoms with E-state index in [1.807, 2.05) is 84.9 Å². The topological polar surface area (TPSA) is 111 Å². The molecule has 0 saturated heterocycles. The van der Waals surface area contributed by atoms with E-state index in [1.165, 1.54) is 12.0 Å². The number of methoxy groups -OCH3 is 1. The maximum absolute atomic E-state index is 14.1. The Morgan fingerprint density at radius 3 is 2.23 bits per heavy atom. The van der Waals surface area contributed by atoms with Crippen LogP contribution in [0.15, 0.2) is 115 Å². The Labute approximate surface area is 274 Å². The number of carbonyl (C=O) groups excluding carboxylic acids is 3. The molecule has 0 unspecified atom stereocenters. The minimum atomic E-state index is -1.90. The highest BCUT2D eigenvalue weighted by molar-refractivity contribution is 6.07. The Bertz CT molecular complexity index is 1710. The first-order valence-corrected chi connectivity index (χ1v) is 15.5. The zero-order valence-electron chi connectivity index (χ0n) is 26.5. The molecule has 0 aromatic heterocycles. The summed E-state index contributed by atoms with van der Waals surface area (Å²) in [7, 11) is 1.53. The van der Waals surface area contributed by atoms with Crippen molar-refractivity contribution < 1.29 is 29.3 Å². The molecule has 0 aliphatic carbocycles. The van der Waals surface area contributed by atoms with Gasteiger partial charge in [0.05, 0.1) is 25.9 Å². The molecule has 4 aromatic rings. The standard InChI is InChI=1S/C38H39N3O6/c1-28(10-9-15-36(44)39(22-23-42)25-29-11-5-3-6-12-29)38(46)34-24-33(47-2)20-21-35(34)40(37(38)45)26-30-16-18-32(19-17-30)41(27-43)31-13-7-4-8-14-31/h3-14,16-21,24,27-28,42,46H,15,22-23,25-26H2,1-2H3/b10-9+/t28-,38+/m1/s1. The molecule has 47 heavy (non-hydrogen) atoms. The van der Waals surface area contributed by atoms with E-state index in [4.69, 9.17) is 4.74 Å². The van der Waals surface area contributed by atoms with Crippen LogP contribution in [0.4, 0.5) is 17.1 Å². The quantitative estimate of drug-likeness (QED) is 0.144. The van der Waals surface area contributed by atoms with Crippen molar-refractivity contribution in [1.29, 1.82) is 0 Å². The van der Waals surface area contributed by atoms with Gasteiger partial charge in [-0.3, -0.25) is 19.3 Å². The molecule has 1 aliphatic heterocycles. The average Bonchev–Trinajstić information content (AvgIpc) is 3.31. The maximum Gasteiger partial charge on any atom is 0.264 e. The van der Waals surface area contributed by atoms with E-state index in [2.05, 4.69) is 0 Å². The zero-order valence-corrected chi connectivity index (χ0v) is 26.5. The smallest absolute Gasteiger partial charge is 0.264 e. The molecule has 1 aliphatic rings. The molecule has 242 valence electrons. The summed E-state index contributed by atoms with van der Waals surface area (Å²) in [4.78, 5) is 43.7. The predicted octanol–water partition coefficient (Wildman–Crippen LogP) is 5.33. The van der Waals surface area contributed by atoms with Crippen molar-refractivity contribution in [3.63, 3.8) is 0 Å². The SMILES string of the molecule is COc1ccc2c(c1)[C@@](O)([C@H](C)/C=C/CC(=O)N(CCO)Cc1ccccc1)C(=O)N2Cc1ccc(N(C=O)c2ccccc2)cc1. The molecule has 0 spiro atoms. The third-order valence-electron chi connectivity index (χ3n) is 8.49. The van der Waals surface area contributed by atoms with Gasteiger partial charge in [0, 0.05) is 42.4 Å². The molecular weight excluding hydrogens is 594 g/mol. The van der Waals surface area contributed by atoms with Crippen molar-refractivity contribution >= 4 is 35.3 Å². The van der Waals surface area contributed by atoms with Crippen molar-refractivity contribution in [1.82, 2.24) is 4.90 Å². The number of fused-ring (bicyclic) bond motifs is 1. The van der Waals surface area contributed by atoms with Gasteiger partial charge in [-0.1, -0.05) is 79.7 Å². The lowest BCUT2D eigenvalue weighted by atomic mass is 9.83. The fraction of sp³-hybridized carbons (Fsp3) is 0.237. The van der Waals surface area contributed by atoms with E-state index in [-0.39, 0.29) is 32.0 Å². The number of rotatable bonds is 14. The lowest BCUT2D eigenvalue weighted by Crippen LogP contribution is -2.44. The van der Waals surface area contributed by atoms with Gasteiger partial charge in [-0.15, -0.1) is 0 Å². The molecule has 1 heterocycles. The van der Waals surface area contributed by atoms with Gasteiger partial charge in [-0.25, -0.2) is 0 Å². The Morgan fingerprint density at radius 1 is 0.936 bits per heavy atom. The summed E-state index contributed by atoms with van der Waals surface area (Å²) in [6.07, 6.45) is 4.16. The highest BCUT2D eigenvalue weighted by Gasteiger charge is 2.52. The molecule has 0 bridgehead atoms. The Balaban J connectivity index is 1.34. The largest absolute Gasteiger partial charge is 0.497 e. The van der Waals surface area contributed by atoms with Crippen LogP contribution in [-0.2, 0) is 33.1 Å². The van der Waals surface area contributed by atoms with E-state index in [0.717, 1.165) is 23.2 Å². The van der Waals surface area contributed by atoms with Crippen molar-refractivity contribution in [2.24, 2.45) is 5.92 Å². The van der Waals surface area contributed by atoms with E-state index >= 15 is 0 Å². The van der Waals surface area contributed by atoms with Gasteiger partial charge in [-0.2, -0.15) is 0 Å². The van der Waals surface area contributed by atoms with E-state index in [9.17, 15) is 24.6 Å². The van der Waals surface area contributed by atoms with Crippen LogP contribution in [0, 0.1) is 5.92 Å². The Hall–Kier alpha value is -5.25. The minimum Gasteiger partial charge on any atom is -0.497 e. The van der Waals surface area contributed by atoms with Crippen LogP contribution in [0.2, 0.25) is 0 Å². The fourth-order valence-electron chi connectivity index (χ4n) is 5.87. The molecule has 0 radical (unpaired) electrons. The number of amides is 3. The van der Waals surface area contributed by atoms with Gasteiger partial charge >= 0.3 is 0 Å². The first kappa shape index (κ1) is 33.1. The summed E-state index contributed by atoms with van der Waals surface area (Å²) >= 11 is 0. The Morgan fingerprint density at radius 2 is 1.60 bits per heavy atom. The molecule has 2 atom stereocenters. The highest BCUT2D eigenvalue weighted by Crippen LogP contribution is 2.47. The summed E-state index contributed by atoms with van der Waals surface area (Å²) < 4.78 is 5.43. The number of aliphatic hydroxyl groups excluding tert-OH is 1. The average molecular weight is 634 g/mol. The number of anilines is 3. The van der Waals surface area contributed by atoms with E-state index < -0.39 is 17.4 Å². The first-order chi connectivity index (χ1) is 22.8. The number of para-hydroxylation sites is 1. The van der Waals surface area contributed by atoms with Gasteiger partial charge in [-0.05, 0) is 53.6 Å². The van der Waals surface area contributed by atoms with Crippen molar-refractivity contribution in [2.75, 3.05) is 30.1 Å². The molecule has 9 nitrogen and oxygen atoms in total. The molecule has 0 saturated carbocycles. The second-order valence-corrected chi connectivity index (χ2v) is 11.5. The summed E-state index contributed by atoms with van der Waals surface area (Å²) in [6, 6.07) is 31.4. The number of hydrogen-bond donors (Lipinski definition) is 2. The number of ether oxygens (including phenoxy) is 1. The summed E-state index contributed by atoms with van der Waals surface area (Å²) in [5.41, 5.74) is 2.26. The molecule has 5 rings (SSSR count). The maximum atomic E-state index is 14.1. The number of nitrogens with zero attached hydrogens (tertiary/aromatic N) is 3. The van der Waals surface area contributed by atoms with Crippen LogP contribution in [0.25, 0.3) is 0 Å². The van der Waals surface area contributed by atoms with Crippen LogP contribution < -0.4 is 14.5 Å². The van der Waals surface area contributed by atoms with Crippen molar-refractivity contribution in [2.45, 2.75) is 32.0 Å². The number of benzene rings is 4. The van der Waals surface area contributed by atoms with E-state index in [1.54, 1.807) is 47.1 Å². The summed E-state index contributed by atoms with van der Waals surface area (Å²) in [5.74, 6) is -0.849. The third kappa shape index (κ3) is 7.11. The minimum absolute atomic E-state index is 0.0449. The monoisotopic (exact) mass is 633 g/mol. The summed E-state index contributed by atoms with van der Waals surface area (Å²) in [5, 5.41) is 21.6. The van der Waals surface area contributed by atoms with Crippen molar-refractivity contribution in [3.8, 4) is 5.75 Å². The zero-order chi connectivity index (χ0) is 33.4. The van der Waals surface area contributed by atoms with Crippen LogP contribution in [0.5, 0.6) is 5.75 Å². The Kier molecular flexibility index (Phi) is 10.5. The molecule has 9 heteroatoms. The van der Waals surface area contributed by atoms with Crippen LogP contribution in [-0.4, -0.2) is 53.6 Å². The molecular formula is C38H39N3O6. The number of aliphatic hydroxyl groups is 2. The van der Waals surface area contributed by atoms with Crippen LogP contribution in [0.3, 0.4) is 0 Å². The van der Waals surface area contributed by atoms with Gasteiger partial charge in [0.2, 0.25) is 12.3 Å². The van der Waals surface area contributed by atoms with Gasteiger partial charge < -0.3 is 24.7 Å². The normalized spacial score (nSPS) is 16.2. The lowest BCUT2D eigenvalue weighted by molar-refractivity contribution is -0.139. The second kappa shape index (κ2) is 14.9. The molecule has 0 fully saturated rings. The van der Waals surface area contributed by atoms with Gasteiger partial charge in [0.25, 0.3) is 5.91 Å². The molecule has 3 amide bonds. The number of hydrogen-bond acceptors (Lipinski definition) is 6. The highest BCUT2D eigenvalue weighted by atomic mass is 16.5. The van der Waals surface area contributed by atoms with Gasteiger partial charge in [0.15, 0.2) is 5.60 Å². The van der Waals surface area contributed by atoms with Crippen molar-refractivity contribution in [3.05, 3.63) is 132 Å². The predicted molar refractivity (Wildman–Crippen MR) is 181 cm³/mol.